The van der Waals surface area contributed by atoms with Crippen LogP contribution in [0.5, 0.6) is 5.75 Å². The van der Waals surface area contributed by atoms with E-state index in [4.69, 9.17) is 9.26 Å². The van der Waals surface area contributed by atoms with E-state index >= 15 is 0 Å². The molecule has 0 radical (unpaired) electrons. The normalized spacial score (nSPS) is 16.9. The van der Waals surface area contributed by atoms with Crippen molar-refractivity contribution in [1.82, 2.24) is 15.0 Å². The lowest BCUT2D eigenvalue weighted by Crippen LogP contribution is -2.24. The van der Waals surface area contributed by atoms with Crippen LogP contribution in [-0.4, -0.2) is 34.6 Å². The maximum atomic E-state index is 12.5. The molecule has 0 bridgehead atoms. The van der Waals surface area contributed by atoms with Gasteiger partial charge in [-0.05, 0) is 28.7 Å². The van der Waals surface area contributed by atoms with Gasteiger partial charge in [-0.25, -0.2) is 0 Å². The predicted octanol–water partition coefficient (Wildman–Crippen LogP) is 4.56. The minimum absolute atomic E-state index is 0.0850. The van der Waals surface area contributed by atoms with Gasteiger partial charge in [-0.15, -0.1) is 0 Å². The standard InChI is InChI=1S/C24H27N3O3/c1-24(2,3)19-10-8-17(9-11-19)22-25-23(30-26-22)18-13-21(28)27(15-18)14-16-6-5-7-20(12-16)29-4/h5-12,18H,13-15H2,1-4H3. The van der Waals surface area contributed by atoms with E-state index in [0.29, 0.717) is 31.2 Å². The van der Waals surface area contributed by atoms with E-state index in [-0.39, 0.29) is 17.2 Å². The van der Waals surface area contributed by atoms with Crippen LogP contribution in [0, 0.1) is 0 Å². The van der Waals surface area contributed by atoms with Crippen LogP contribution in [0.3, 0.4) is 0 Å². The van der Waals surface area contributed by atoms with Crippen LogP contribution in [-0.2, 0) is 16.8 Å². The summed E-state index contributed by atoms with van der Waals surface area (Å²) in [5.41, 5.74) is 3.30. The molecule has 2 heterocycles. The molecule has 2 aromatic carbocycles. The number of hydrogen-bond acceptors (Lipinski definition) is 5. The smallest absolute Gasteiger partial charge is 0.232 e. The highest BCUT2D eigenvalue weighted by Crippen LogP contribution is 2.31. The monoisotopic (exact) mass is 405 g/mol. The summed E-state index contributed by atoms with van der Waals surface area (Å²) in [6, 6.07) is 16.0. The molecule has 1 saturated heterocycles. The fourth-order valence-corrected chi connectivity index (χ4v) is 3.72. The topological polar surface area (TPSA) is 68.5 Å². The van der Waals surface area contributed by atoms with Crippen LogP contribution < -0.4 is 4.74 Å². The summed E-state index contributed by atoms with van der Waals surface area (Å²) in [5.74, 6) is 1.88. The molecule has 0 saturated carbocycles. The molecule has 1 fully saturated rings. The summed E-state index contributed by atoms with van der Waals surface area (Å²) >= 11 is 0. The number of carbonyl (C=O) groups is 1. The minimum Gasteiger partial charge on any atom is -0.497 e. The zero-order valence-electron chi connectivity index (χ0n) is 17.9. The van der Waals surface area contributed by atoms with Crippen molar-refractivity contribution in [3.8, 4) is 17.1 Å². The molecule has 1 aliphatic rings. The molecule has 30 heavy (non-hydrogen) atoms. The number of amides is 1. The van der Waals surface area contributed by atoms with Gasteiger partial charge in [0.1, 0.15) is 5.75 Å². The van der Waals surface area contributed by atoms with Gasteiger partial charge in [0.15, 0.2) is 0 Å². The average Bonchev–Trinajstić information content (AvgIpc) is 3.35. The van der Waals surface area contributed by atoms with E-state index in [0.717, 1.165) is 16.9 Å². The fourth-order valence-electron chi connectivity index (χ4n) is 3.72. The number of likely N-dealkylation sites (tertiary alicyclic amines) is 1. The second-order valence-corrected chi connectivity index (χ2v) is 8.81. The molecule has 6 nitrogen and oxygen atoms in total. The maximum Gasteiger partial charge on any atom is 0.232 e. The highest BCUT2D eigenvalue weighted by atomic mass is 16.5. The second kappa shape index (κ2) is 7.94. The molecule has 156 valence electrons. The van der Waals surface area contributed by atoms with E-state index in [9.17, 15) is 4.79 Å². The molecule has 1 atom stereocenters. The molecule has 3 aromatic rings. The Balaban J connectivity index is 1.45. The molecule has 4 rings (SSSR count). The molecule has 1 aliphatic heterocycles. The number of carbonyl (C=O) groups excluding carboxylic acids is 1. The van der Waals surface area contributed by atoms with Gasteiger partial charge < -0.3 is 14.2 Å². The third-order valence-electron chi connectivity index (χ3n) is 5.52. The molecule has 0 N–H and O–H groups in total. The van der Waals surface area contributed by atoms with Gasteiger partial charge in [-0.3, -0.25) is 4.79 Å². The molecule has 0 aliphatic carbocycles. The first-order valence-electron chi connectivity index (χ1n) is 10.2. The van der Waals surface area contributed by atoms with E-state index in [2.05, 4.69) is 43.0 Å². The molecular weight excluding hydrogens is 378 g/mol. The molecule has 6 heteroatoms. The number of ether oxygens (including phenoxy) is 1. The zero-order chi connectivity index (χ0) is 21.3. The third-order valence-corrected chi connectivity index (χ3v) is 5.52. The lowest BCUT2D eigenvalue weighted by atomic mass is 9.87. The van der Waals surface area contributed by atoms with Crippen molar-refractivity contribution in [2.45, 2.75) is 45.1 Å². The van der Waals surface area contributed by atoms with Crippen molar-refractivity contribution < 1.29 is 14.1 Å². The van der Waals surface area contributed by atoms with Crippen LogP contribution in [0.2, 0.25) is 0 Å². The zero-order valence-corrected chi connectivity index (χ0v) is 17.9. The summed E-state index contributed by atoms with van der Waals surface area (Å²) in [4.78, 5) is 18.9. The van der Waals surface area contributed by atoms with Crippen molar-refractivity contribution in [3.05, 3.63) is 65.5 Å². The van der Waals surface area contributed by atoms with Gasteiger partial charge in [0.05, 0.1) is 13.0 Å². The lowest BCUT2D eigenvalue weighted by molar-refractivity contribution is -0.128. The number of methoxy groups -OCH3 is 1. The van der Waals surface area contributed by atoms with E-state index in [1.54, 1.807) is 7.11 Å². The largest absolute Gasteiger partial charge is 0.497 e. The van der Waals surface area contributed by atoms with Crippen LogP contribution in [0.1, 0.15) is 50.1 Å². The summed E-state index contributed by atoms with van der Waals surface area (Å²) in [6.45, 7) is 7.66. The van der Waals surface area contributed by atoms with Crippen molar-refractivity contribution in [1.29, 1.82) is 0 Å². The molecular formula is C24H27N3O3. The Labute approximate surface area is 176 Å². The lowest BCUT2D eigenvalue weighted by Gasteiger charge is -2.18. The van der Waals surface area contributed by atoms with Gasteiger partial charge in [0.2, 0.25) is 17.6 Å². The summed E-state index contributed by atoms with van der Waals surface area (Å²) in [7, 11) is 1.64. The summed E-state index contributed by atoms with van der Waals surface area (Å²) in [5, 5.41) is 4.15. The van der Waals surface area contributed by atoms with Gasteiger partial charge >= 0.3 is 0 Å². The Morgan fingerprint density at radius 1 is 1.17 bits per heavy atom. The number of benzene rings is 2. The van der Waals surface area contributed by atoms with E-state index in [1.165, 1.54) is 5.56 Å². The van der Waals surface area contributed by atoms with Crippen LogP contribution >= 0.6 is 0 Å². The van der Waals surface area contributed by atoms with Gasteiger partial charge in [0.25, 0.3) is 0 Å². The summed E-state index contributed by atoms with van der Waals surface area (Å²) < 4.78 is 10.8. The van der Waals surface area contributed by atoms with Crippen molar-refractivity contribution in [2.75, 3.05) is 13.7 Å². The van der Waals surface area contributed by atoms with Crippen LogP contribution in [0.15, 0.2) is 53.1 Å². The Bertz CT molecular complexity index is 1030. The predicted molar refractivity (Wildman–Crippen MR) is 114 cm³/mol. The van der Waals surface area contributed by atoms with Crippen molar-refractivity contribution >= 4 is 5.91 Å². The molecule has 1 aromatic heterocycles. The third kappa shape index (κ3) is 4.22. The Hall–Kier alpha value is -3.15. The Morgan fingerprint density at radius 2 is 1.93 bits per heavy atom. The minimum atomic E-state index is -0.0850. The van der Waals surface area contributed by atoms with Crippen molar-refractivity contribution in [2.24, 2.45) is 0 Å². The van der Waals surface area contributed by atoms with E-state index in [1.807, 2.05) is 41.3 Å². The molecule has 1 amide bonds. The first kappa shape index (κ1) is 20.1. The number of hydrogen-bond donors (Lipinski definition) is 0. The Kier molecular flexibility index (Phi) is 5.33. The molecule has 0 spiro atoms. The second-order valence-electron chi connectivity index (χ2n) is 8.81. The van der Waals surface area contributed by atoms with Crippen molar-refractivity contribution in [3.63, 3.8) is 0 Å². The number of rotatable bonds is 5. The van der Waals surface area contributed by atoms with Gasteiger partial charge in [0, 0.05) is 25.1 Å². The van der Waals surface area contributed by atoms with E-state index < -0.39 is 0 Å². The molecule has 1 unspecified atom stereocenters. The Morgan fingerprint density at radius 3 is 2.63 bits per heavy atom. The maximum absolute atomic E-state index is 12.5. The highest BCUT2D eigenvalue weighted by Gasteiger charge is 2.34. The van der Waals surface area contributed by atoms with Gasteiger partial charge in [-0.1, -0.05) is 62.3 Å². The van der Waals surface area contributed by atoms with Crippen LogP contribution in [0.4, 0.5) is 0 Å². The first-order chi connectivity index (χ1) is 14.3. The SMILES string of the molecule is COc1cccc(CN2CC(c3nc(-c4ccc(C(C)(C)C)cc4)no3)CC2=O)c1. The number of aromatic nitrogens is 2. The van der Waals surface area contributed by atoms with Crippen LogP contribution in [0.25, 0.3) is 11.4 Å². The van der Waals surface area contributed by atoms with Gasteiger partial charge in [-0.2, -0.15) is 4.98 Å². The highest BCUT2D eigenvalue weighted by molar-refractivity contribution is 5.79. The fraction of sp³-hybridized carbons (Fsp3) is 0.375. The quantitative estimate of drug-likeness (QED) is 0.622. The summed E-state index contributed by atoms with van der Waals surface area (Å²) in [6.07, 6.45) is 0.383. The first-order valence-corrected chi connectivity index (χ1v) is 10.2. The number of nitrogens with zero attached hydrogens (tertiary/aromatic N) is 3. The average molecular weight is 405 g/mol.